The molecule has 3 aromatic carbocycles. The zero-order valence-electron chi connectivity index (χ0n) is 25.8. The van der Waals surface area contributed by atoms with Gasteiger partial charge < -0.3 is 29.6 Å². The molecule has 1 aromatic heterocycles. The molecule has 1 amide bonds. The molecule has 0 radical (unpaired) electrons. The van der Waals surface area contributed by atoms with Crippen molar-refractivity contribution in [2.24, 2.45) is 0 Å². The van der Waals surface area contributed by atoms with Crippen LogP contribution in [0.4, 0.5) is 10.6 Å². The minimum Gasteiger partial charge on any atom is -0.485 e. The number of rotatable bonds is 9. The van der Waals surface area contributed by atoms with Crippen LogP contribution in [0.2, 0.25) is 0 Å². The van der Waals surface area contributed by atoms with Crippen molar-refractivity contribution in [2.45, 2.75) is 43.6 Å². The molecule has 4 aromatic rings. The zero-order valence-corrected chi connectivity index (χ0v) is 25.8. The Bertz CT molecular complexity index is 1700. The summed E-state index contributed by atoms with van der Waals surface area (Å²) >= 11 is 0. The van der Waals surface area contributed by atoms with Crippen molar-refractivity contribution < 1.29 is 28.5 Å². The number of amides is 1. The van der Waals surface area contributed by atoms with E-state index in [2.05, 4.69) is 41.4 Å². The van der Waals surface area contributed by atoms with Gasteiger partial charge in [-0.25, -0.2) is 9.78 Å². The summed E-state index contributed by atoms with van der Waals surface area (Å²) in [6, 6.07) is 22.5. The molecule has 1 saturated heterocycles. The van der Waals surface area contributed by atoms with Gasteiger partial charge in [0.05, 0.1) is 20.1 Å². The van der Waals surface area contributed by atoms with Gasteiger partial charge in [0.15, 0.2) is 0 Å². The molecular formula is C36H39N3O6. The monoisotopic (exact) mass is 609 g/mol. The topological polar surface area (TPSA) is 113 Å². The Morgan fingerprint density at radius 1 is 0.978 bits per heavy atom. The number of nitrogens with zero attached hydrogens (tertiary/aromatic N) is 2. The Morgan fingerprint density at radius 2 is 1.76 bits per heavy atom. The summed E-state index contributed by atoms with van der Waals surface area (Å²) in [5.41, 5.74) is 11.3. The predicted molar refractivity (Wildman–Crippen MR) is 172 cm³/mol. The Labute approximate surface area is 263 Å². The fourth-order valence-corrected chi connectivity index (χ4v) is 6.78. The summed E-state index contributed by atoms with van der Waals surface area (Å²) in [4.78, 5) is 31.0. The summed E-state index contributed by atoms with van der Waals surface area (Å²) in [5.74, 6) is 0.871. The second kappa shape index (κ2) is 13.2. The van der Waals surface area contributed by atoms with Gasteiger partial charge in [-0.2, -0.15) is 0 Å². The number of ether oxygens (including phenoxy) is 4. The number of pyridine rings is 1. The van der Waals surface area contributed by atoms with Gasteiger partial charge in [-0.1, -0.05) is 42.5 Å². The third kappa shape index (κ3) is 6.31. The average Bonchev–Trinajstić information content (AvgIpc) is 3.35. The van der Waals surface area contributed by atoms with Gasteiger partial charge in [-0.15, -0.1) is 0 Å². The van der Waals surface area contributed by atoms with E-state index in [1.54, 1.807) is 18.2 Å². The van der Waals surface area contributed by atoms with E-state index in [4.69, 9.17) is 24.7 Å². The van der Waals surface area contributed by atoms with Crippen molar-refractivity contribution in [3.05, 3.63) is 89.6 Å². The highest BCUT2D eigenvalue weighted by Gasteiger charge is 2.47. The number of para-hydroxylation sites is 1. The van der Waals surface area contributed by atoms with Crippen LogP contribution in [0.1, 0.15) is 48.5 Å². The molecule has 1 fully saturated rings. The van der Waals surface area contributed by atoms with E-state index in [9.17, 15) is 9.59 Å². The molecule has 9 nitrogen and oxygen atoms in total. The third-order valence-corrected chi connectivity index (χ3v) is 9.16. The number of aromatic nitrogens is 1. The fraction of sp³-hybridized carbons (Fsp3) is 0.361. The highest BCUT2D eigenvalue weighted by Crippen LogP contribution is 2.53. The Hall–Kier alpha value is -4.63. The smallest absolute Gasteiger partial charge is 0.409 e. The standard InChI is InChI=1S/C36H39N3O6/c1-42-18-5-19-44-33(40)22-27-6-3-4-7-31(27)45-32-23-36(13-16-39(17-14-36)35(41)43-2)30-11-10-26(21-29(30)32)25-9-8-24-12-15-38-34(37)28(24)20-25/h3-4,6-12,15,20-21,32H,5,13-14,16-19,22-23H2,1-2H3,(H2,37,38)/t32-/m1/s1. The first kappa shape index (κ1) is 30.4. The number of anilines is 1. The lowest BCUT2D eigenvalue weighted by Gasteiger charge is -2.39. The first-order valence-electron chi connectivity index (χ1n) is 15.4. The van der Waals surface area contributed by atoms with Crippen LogP contribution in [0.3, 0.4) is 0 Å². The van der Waals surface area contributed by atoms with Crippen LogP contribution >= 0.6 is 0 Å². The lowest BCUT2D eigenvalue weighted by atomic mass is 9.73. The summed E-state index contributed by atoms with van der Waals surface area (Å²) in [6.07, 6.45) is 4.34. The Kier molecular flexibility index (Phi) is 8.89. The SMILES string of the molecule is COCCCOC(=O)Cc1ccccc1O[C@@H]1CC2(CCN(C(=O)OC)CC2)c2ccc(-c3ccc4ccnc(N)c4c3)cc21. The average molecular weight is 610 g/mol. The fourth-order valence-electron chi connectivity index (χ4n) is 6.78. The lowest BCUT2D eigenvalue weighted by Crippen LogP contribution is -2.44. The molecular weight excluding hydrogens is 570 g/mol. The Morgan fingerprint density at radius 3 is 2.56 bits per heavy atom. The van der Waals surface area contributed by atoms with Crippen molar-refractivity contribution in [3.8, 4) is 16.9 Å². The normalized spacial score (nSPS) is 16.8. The molecule has 45 heavy (non-hydrogen) atoms. The number of nitrogens with two attached hydrogens (primary N) is 1. The van der Waals surface area contributed by atoms with Gasteiger partial charge in [0.25, 0.3) is 0 Å². The molecule has 9 heteroatoms. The number of fused-ring (bicyclic) bond motifs is 3. The number of carbonyl (C=O) groups is 2. The third-order valence-electron chi connectivity index (χ3n) is 9.16. The van der Waals surface area contributed by atoms with Gasteiger partial charge in [0.2, 0.25) is 0 Å². The number of hydrogen-bond donors (Lipinski definition) is 1. The van der Waals surface area contributed by atoms with Crippen molar-refractivity contribution in [1.29, 1.82) is 0 Å². The summed E-state index contributed by atoms with van der Waals surface area (Å²) in [6.45, 7) is 2.08. The maximum absolute atomic E-state index is 12.7. The highest BCUT2D eigenvalue weighted by atomic mass is 16.5. The van der Waals surface area contributed by atoms with Gasteiger partial charge in [-0.3, -0.25) is 4.79 Å². The number of hydrogen-bond acceptors (Lipinski definition) is 8. The van der Waals surface area contributed by atoms with E-state index in [-0.39, 0.29) is 30.0 Å². The van der Waals surface area contributed by atoms with Gasteiger partial charge in [-0.05, 0) is 71.2 Å². The van der Waals surface area contributed by atoms with Crippen LogP contribution in [-0.2, 0) is 30.8 Å². The second-order valence-electron chi connectivity index (χ2n) is 11.8. The number of likely N-dealkylation sites (tertiary alicyclic amines) is 1. The van der Waals surface area contributed by atoms with Crippen LogP contribution < -0.4 is 10.5 Å². The van der Waals surface area contributed by atoms with E-state index in [1.807, 2.05) is 30.3 Å². The van der Waals surface area contributed by atoms with E-state index in [1.165, 1.54) is 12.7 Å². The van der Waals surface area contributed by atoms with E-state index in [0.717, 1.165) is 52.3 Å². The quantitative estimate of drug-likeness (QED) is 0.176. The maximum atomic E-state index is 12.7. The van der Waals surface area contributed by atoms with Crippen molar-refractivity contribution >= 4 is 28.7 Å². The molecule has 1 aliphatic heterocycles. The molecule has 234 valence electrons. The Balaban J connectivity index is 1.32. The van der Waals surface area contributed by atoms with Gasteiger partial charge in [0.1, 0.15) is 17.7 Å². The number of benzene rings is 3. The van der Waals surface area contributed by atoms with Crippen LogP contribution in [-0.4, -0.2) is 62.5 Å². The van der Waals surface area contributed by atoms with E-state index in [0.29, 0.717) is 44.3 Å². The summed E-state index contributed by atoms with van der Waals surface area (Å²) < 4.78 is 22.3. The second-order valence-corrected chi connectivity index (χ2v) is 11.8. The van der Waals surface area contributed by atoms with Gasteiger partial charge >= 0.3 is 12.1 Å². The first-order chi connectivity index (χ1) is 21.9. The molecule has 1 aliphatic carbocycles. The minimum absolute atomic E-state index is 0.120. The van der Waals surface area contributed by atoms with Crippen LogP contribution in [0.5, 0.6) is 5.75 Å². The molecule has 0 bridgehead atoms. The van der Waals surface area contributed by atoms with Crippen molar-refractivity contribution in [1.82, 2.24) is 9.88 Å². The van der Waals surface area contributed by atoms with Crippen molar-refractivity contribution in [3.63, 3.8) is 0 Å². The minimum atomic E-state index is -0.298. The summed E-state index contributed by atoms with van der Waals surface area (Å²) in [5, 5.41) is 1.96. The molecule has 1 atom stereocenters. The van der Waals surface area contributed by atoms with Gasteiger partial charge in [0, 0.05) is 55.8 Å². The zero-order chi connectivity index (χ0) is 31.4. The molecule has 2 aliphatic rings. The largest absolute Gasteiger partial charge is 0.485 e. The van der Waals surface area contributed by atoms with Crippen molar-refractivity contribution in [2.75, 3.05) is 46.3 Å². The highest BCUT2D eigenvalue weighted by molar-refractivity contribution is 5.94. The number of carbonyl (C=O) groups excluding carboxylic acids is 2. The maximum Gasteiger partial charge on any atom is 0.409 e. The number of esters is 1. The van der Waals surface area contributed by atoms with E-state index < -0.39 is 0 Å². The molecule has 6 rings (SSSR count). The number of piperidine rings is 1. The predicted octanol–water partition coefficient (Wildman–Crippen LogP) is 6.23. The molecule has 0 saturated carbocycles. The number of methoxy groups -OCH3 is 2. The first-order valence-corrected chi connectivity index (χ1v) is 15.4. The number of nitrogen functional groups attached to an aromatic ring is 1. The molecule has 0 unspecified atom stereocenters. The molecule has 1 spiro atoms. The molecule has 2 heterocycles. The van der Waals surface area contributed by atoms with Crippen LogP contribution in [0.15, 0.2) is 72.9 Å². The lowest BCUT2D eigenvalue weighted by molar-refractivity contribution is -0.143. The van der Waals surface area contributed by atoms with Crippen LogP contribution in [0.25, 0.3) is 21.9 Å². The van der Waals surface area contributed by atoms with E-state index >= 15 is 0 Å². The summed E-state index contributed by atoms with van der Waals surface area (Å²) in [7, 11) is 3.05. The van der Waals surface area contributed by atoms with Crippen LogP contribution in [0, 0.1) is 0 Å². The molecule has 2 N–H and O–H groups in total.